The Morgan fingerprint density at radius 1 is 1.19 bits per heavy atom. The summed E-state index contributed by atoms with van der Waals surface area (Å²) in [4.78, 5) is 26.5. The van der Waals surface area contributed by atoms with E-state index in [4.69, 9.17) is 4.74 Å². The number of nitrogens with zero attached hydrogens (tertiary/aromatic N) is 1. The Morgan fingerprint density at radius 3 is 2.56 bits per heavy atom. The van der Waals surface area contributed by atoms with Gasteiger partial charge in [-0.05, 0) is 49.9 Å². The molecule has 1 amide bonds. The zero-order valence-electron chi connectivity index (χ0n) is 16.0. The van der Waals surface area contributed by atoms with E-state index in [9.17, 15) is 14.0 Å². The molecule has 0 bridgehead atoms. The predicted molar refractivity (Wildman–Crippen MR) is 101 cm³/mol. The van der Waals surface area contributed by atoms with Gasteiger partial charge in [-0.1, -0.05) is 31.4 Å². The lowest BCUT2D eigenvalue weighted by Gasteiger charge is -2.34. The Kier molecular flexibility index (Phi) is 6.47. The molecule has 0 aromatic heterocycles. The van der Waals surface area contributed by atoms with Crippen molar-refractivity contribution in [3.63, 3.8) is 0 Å². The number of carbonyl (C=O) groups excluding carboxylic acids is 2. The van der Waals surface area contributed by atoms with Crippen LogP contribution in [0.25, 0.3) is 0 Å². The van der Waals surface area contributed by atoms with E-state index in [1.807, 2.05) is 17.0 Å². The second-order valence-electron chi connectivity index (χ2n) is 7.78. The number of halogens is 1. The van der Waals surface area contributed by atoms with Crippen LogP contribution in [0.4, 0.5) is 4.39 Å². The van der Waals surface area contributed by atoms with Gasteiger partial charge in [0.1, 0.15) is 11.9 Å². The summed E-state index contributed by atoms with van der Waals surface area (Å²) in [6.07, 6.45) is 6.92. The number of carbonyl (C=O) groups is 2. The molecular formula is C21H29FN2O3. The fourth-order valence-corrected chi connectivity index (χ4v) is 4.51. The molecule has 1 saturated carbocycles. The molecule has 2 aliphatic rings. The number of hydrogen-bond acceptors (Lipinski definition) is 4. The van der Waals surface area contributed by atoms with Gasteiger partial charge in [0.25, 0.3) is 0 Å². The van der Waals surface area contributed by atoms with Crippen molar-refractivity contribution in [3.8, 4) is 0 Å². The minimum atomic E-state index is -0.327. The number of amides is 1. The SMILES string of the molecule is COC(=O)C1CCCCN1CC(=O)NCC1(c2ccc(F)cc2)CCCC1. The molecule has 0 radical (unpaired) electrons. The highest BCUT2D eigenvalue weighted by molar-refractivity contribution is 5.80. The topological polar surface area (TPSA) is 58.6 Å². The number of piperidine rings is 1. The minimum Gasteiger partial charge on any atom is -0.468 e. The molecule has 2 fully saturated rings. The second kappa shape index (κ2) is 8.83. The Balaban J connectivity index is 1.61. The smallest absolute Gasteiger partial charge is 0.323 e. The van der Waals surface area contributed by atoms with Crippen molar-refractivity contribution in [2.75, 3.05) is 26.7 Å². The monoisotopic (exact) mass is 376 g/mol. The predicted octanol–water partition coefficient (Wildman–Crippen LogP) is 2.78. The lowest BCUT2D eigenvalue weighted by atomic mass is 9.79. The molecule has 1 aromatic rings. The summed E-state index contributed by atoms with van der Waals surface area (Å²) in [6, 6.07) is 6.33. The molecule has 0 spiro atoms. The molecule has 6 heteroatoms. The molecule has 1 atom stereocenters. The zero-order valence-corrected chi connectivity index (χ0v) is 16.0. The summed E-state index contributed by atoms with van der Waals surface area (Å²) in [5.74, 6) is -0.574. The summed E-state index contributed by atoms with van der Waals surface area (Å²) in [5, 5.41) is 3.08. The van der Waals surface area contributed by atoms with Crippen molar-refractivity contribution in [1.82, 2.24) is 10.2 Å². The molecule has 1 aliphatic heterocycles. The number of esters is 1. The number of benzene rings is 1. The van der Waals surface area contributed by atoms with Gasteiger partial charge >= 0.3 is 5.97 Å². The van der Waals surface area contributed by atoms with Gasteiger partial charge in [0.15, 0.2) is 0 Å². The van der Waals surface area contributed by atoms with Gasteiger partial charge in [0.05, 0.1) is 13.7 Å². The molecule has 1 saturated heterocycles. The molecule has 1 aliphatic carbocycles. The van der Waals surface area contributed by atoms with Crippen LogP contribution < -0.4 is 5.32 Å². The number of methoxy groups -OCH3 is 1. The third-order valence-corrected chi connectivity index (χ3v) is 6.07. The first-order valence-electron chi connectivity index (χ1n) is 9.89. The number of hydrogen-bond donors (Lipinski definition) is 1. The van der Waals surface area contributed by atoms with Gasteiger partial charge in [-0.25, -0.2) is 4.39 Å². The van der Waals surface area contributed by atoms with Crippen LogP contribution in [0.5, 0.6) is 0 Å². The normalized spacial score (nSPS) is 22.4. The van der Waals surface area contributed by atoms with Crippen LogP contribution in [0.3, 0.4) is 0 Å². The molecular weight excluding hydrogens is 347 g/mol. The highest BCUT2D eigenvalue weighted by Crippen LogP contribution is 2.40. The largest absolute Gasteiger partial charge is 0.468 e. The van der Waals surface area contributed by atoms with Crippen molar-refractivity contribution in [3.05, 3.63) is 35.6 Å². The third kappa shape index (κ3) is 4.67. The molecule has 1 unspecified atom stereocenters. The first kappa shape index (κ1) is 19.8. The summed E-state index contributed by atoms with van der Waals surface area (Å²) < 4.78 is 18.2. The number of ether oxygens (including phenoxy) is 1. The van der Waals surface area contributed by atoms with E-state index in [-0.39, 0.29) is 35.7 Å². The fraction of sp³-hybridized carbons (Fsp3) is 0.619. The molecule has 3 rings (SSSR count). The summed E-state index contributed by atoms with van der Waals surface area (Å²) in [7, 11) is 1.39. The van der Waals surface area contributed by atoms with Crippen LogP contribution in [-0.2, 0) is 19.7 Å². The van der Waals surface area contributed by atoms with E-state index < -0.39 is 0 Å². The van der Waals surface area contributed by atoms with Crippen molar-refractivity contribution in [2.45, 2.75) is 56.4 Å². The molecule has 1 N–H and O–H groups in total. The summed E-state index contributed by atoms with van der Waals surface area (Å²) in [6.45, 7) is 1.49. The van der Waals surface area contributed by atoms with Crippen LogP contribution in [0, 0.1) is 5.82 Å². The van der Waals surface area contributed by atoms with Gasteiger partial charge in [-0.3, -0.25) is 14.5 Å². The number of nitrogens with one attached hydrogen (secondary N) is 1. The third-order valence-electron chi connectivity index (χ3n) is 6.07. The molecule has 5 nitrogen and oxygen atoms in total. The second-order valence-corrected chi connectivity index (χ2v) is 7.78. The Morgan fingerprint density at radius 2 is 1.89 bits per heavy atom. The van der Waals surface area contributed by atoms with Gasteiger partial charge in [-0.15, -0.1) is 0 Å². The molecule has 1 heterocycles. The maximum atomic E-state index is 13.3. The van der Waals surface area contributed by atoms with Crippen molar-refractivity contribution in [2.24, 2.45) is 0 Å². The van der Waals surface area contributed by atoms with Crippen molar-refractivity contribution >= 4 is 11.9 Å². The van der Waals surface area contributed by atoms with E-state index in [1.54, 1.807) is 0 Å². The first-order chi connectivity index (χ1) is 13.0. The van der Waals surface area contributed by atoms with Crippen LogP contribution in [0.1, 0.15) is 50.5 Å². The fourth-order valence-electron chi connectivity index (χ4n) is 4.51. The quantitative estimate of drug-likeness (QED) is 0.776. The van der Waals surface area contributed by atoms with Crippen LogP contribution in [-0.4, -0.2) is 49.6 Å². The first-order valence-corrected chi connectivity index (χ1v) is 9.89. The average Bonchev–Trinajstić information content (AvgIpc) is 3.17. The number of rotatable bonds is 6. The molecule has 1 aromatic carbocycles. The highest BCUT2D eigenvalue weighted by atomic mass is 19.1. The summed E-state index contributed by atoms with van der Waals surface area (Å²) in [5.41, 5.74) is 0.972. The van der Waals surface area contributed by atoms with Crippen molar-refractivity contribution in [1.29, 1.82) is 0 Å². The molecule has 27 heavy (non-hydrogen) atoms. The number of likely N-dealkylation sites (tertiary alicyclic amines) is 1. The van der Waals surface area contributed by atoms with E-state index >= 15 is 0 Å². The van der Waals surface area contributed by atoms with Crippen LogP contribution in [0.2, 0.25) is 0 Å². The molecule has 148 valence electrons. The van der Waals surface area contributed by atoms with E-state index in [2.05, 4.69) is 5.32 Å². The minimum absolute atomic E-state index is 0.0702. The lowest BCUT2D eigenvalue weighted by Crippen LogP contribution is -2.50. The Labute approximate surface area is 160 Å². The van der Waals surface area contributed by atoms with Gasteiger partial charge < -0.3 is 10.1 Å². The standard InChI is InChI=1S/C21H29FN2O3/c1-27-20(26)18-6-2-5-13-24(18)14-19(25)23-15-21(11-3-4-12-21)16-7-9-17(22)10-8-16/h7-10,18H,2-6,11-15H2,1H3,(H,23,25). The van der Waals surface area contributed by atoms with E-state index in [1.165, 1.54) is 19.2 Å². The van der Waals surface area contributed by atoms with Crippen LogP contribution >= 0.6 is 0 Å². The van der Waals surface area contributed by atoms with E-state index in [0.717, 1.165) is 57.1 Å². The van der Waals surface area contributed by atoms with E-state index in [0.29, 0.717) is 6.54 Å². The van der Waals surface area contributed by atoms with Crippen LogP contribution in [0.15, 0.2) is 24.3 Å². The maximum absolute atomic E-state index is 13.3. The zero-order chi connectivity index (χ0) is 19.3. The highest BCUT2D eigenvalue weighted by Gasteiger charge is 2.36. The van der Waals surface area contributed by atoms with Crippen molar-refractivity contribution < 1.29 is 18.7 Å². The summed E-state index contributed by atoms with van der Waals surface area (Å²) >= 11 is 0. The van der Waals surface area contributed by atoms with Gasteiger partial charge in [-0.2, -0.15) is 0 Å². The maximum Gasteiger partial charge on any atom is 0.323 e. The van der Waals surface area contributed by atoms with Gasteiger partial charge in [0.2, 0.25) is 5.91 Å². The average molecular weight is 376 g/mol. The Bertz CT molecular complexity index is 656. The van der Waals surface area contributed by atoms with Gasteiger partial charge in [0, 0.05) is 12.0 Å². The Hall–Kier alpha value is -1.95. The lowest BCUT2D eigenvalue weighted by molar-refractivity contribution is -0.148.